The Morgan fingerprint density at radius 1 is 1.50 bits per heavy atom. The van der Waals surface area contributed by atoms with Gasteiger partial charge in [-0.2, -0.15) is 11.8 Å². The number of rotatable bonds is 6. The summed E-state index contributed by atoms with van der Waals surface area (Å²) in [5, 5.41) is 3.36. The fourth-order valence-electron chi connectivity index (χ4n) is 1.46. The van der Waals surface area contributed by atoms with Gasteiger partial charge >= 0.3 is 0 Å². The monoisotopic (exact) mass is 189 g/mol. The van der Waals surface area contributed by atoms with Crippen LogP contribution in [0.25, 0.3) is 0 Å². The molecule has 0 saturated carbocycles. The largest absolute Gasteiger partial charge is 0.381 e. The highest BCUT2D eigenvalue weighted by atomic mass is 32.2. The van der Waals surface area contributed by atoms with Crippen LogP contribution in [0.2, 0.25) is 0 Å². The Labute approximate surface area is 79.4 Å². The molecule has 0 bridgehead atoms. The first-order valence-electron chi connectivity index (χ1n) is 4.71. The highest BCUT2D eigenvalue weighted by Gasteiger charge is 2.13. The predicted molar refractivity (Wildman–Crippen MR) is 54.8 cm³/mol. The lowest BCUT2D eigenvalue weighted by atomic mass is 10.1. The zero-order chi connectivity index (χ0) is 8.65. The molecule has 0 amide bonds. The van der Waals surface area contributed by atoms with Crippen LogP contribution in [0.15, 0.2) is 0 Å². The third-order valence-electron chi connectivity index (χ3n) is 2.26. The Morgan fingerprint density at radius 3 is 3.08 bits per heavy atom. The molecule has 1 atom stereocenters. The van der Waals surface area contributed by atoms with Gasteiger partial charge in [0.05, 0.1) is 6.61 Å². The van der Waals surface area contributed by atoms with Gasteiger partial charge < -0.3 is 10.1 Å². The van der Waals surface area contributed by atoms with Crippen LogP contribution in [-0.2, 0) is 4.74 Å². The van der Waals surface area contributed by atoms with Crippen LogP contribution in [-0.4, -0.2) is 38.3 Å². The second-order valence-corrected chi connectivity index (χ2v) is 4.24. The van der Waals surface area contributed by atoms with E-state index in [-0.39, 0.29) is 0 Å². The van der Waals surface area contributed by atoms with Crippen LogP contribution < -0.4 is 5.32 Å². The molecular weight excluding hydrogens is 170 g/mol. The Bertz CT molecular complexity index is 105. The van der Waals surface area contributed by atoms with Crippen molar-refractivity contribution in [2.45, 2.75) is 12.8 Å². The van der Waals surface area contributed by atoms with Gasteiger partial charge in [-0.25, -0.2) is 0 Å². The third-order valence-corrected chi connectivity index (χ3v) is 2.84. The second kappa shape index (κ2) is 6.75. The molecule has 1 heterocycles. The Hall–Kier alpha value is 0.270. The van der Waals surface area contributed by atoms with Gasteiger partial charge in [0.15, 0.2) is 0 Å². The zero-order valence-corrected chi connectivity index (χ0v) is 8.66. The van der Waals surface area contributed by atoms with E-state index in [0.29, 0.717) is 0 Å². The minimum absolute atomic E-state index is 0.874. The van der Waals surface area contributed by atoms with Crippen molar-refractivity contribution >= 4 is 11.8 Å². The molecule has 1 N–H and O–H groups in total. The summed E-state index contributed by atoms with van der Waals surface area (Å²) >= 11 is 1.85. The Morgan fingerprint density at radius 2 is 2.42 bits per heavy atom. The van der Waals surface area contributed by atoms with Gasteiger partial charge in [-0.05, 0) is 38.1 Å². The molecule has 0 aromatic rings. The lowest BCUT2D eigenvalue weighted by molar-refractivity contribution is 0.136. The number of hydrogen-bond donors (Lipinski definition) is 1. The fraction of sp³-hybridized carbons (Fsp3) is 1.00. The topological polar surface area (TPSA) is 21.3 Å². The molecule has 0 aliphatic carbocycles. The molecule has 1 rings (SSSR count). The first-order valence-corrected chi connectivity index (χ1v) is 6.10. The van der Waals surface area contributed by atoms with Crippen molar-refractivity contribution < 1.29 is 4.74 Å². The molecule has 1 aliphatic rings. The van der Waals surface area contributed by atoms with Gasteiger partial charge in [-0.15, -0.1) is 0 Å². The highest BCUT2D eigenvalue weighted by Crippen LogP contribution is 2.11. The van der Waals surface area contributed by atoms with E-state index in [1.807, 2.05) is 11.8 Å². The van der Waals surface area contributed by atoms with Crippen molar-refractivity contribution in [2.75, 3.05) is 38.3 Å². The maximum absolute atomic E-state index is 5.49. The minimum atomic E-state index is 0.874. The number of ether oxygens (including phenoxy) is 1. The van der Waals surface area contributed by atoms with E-state index in [4.69, 9.17) is 4.74 Å². The third kappa shape index (κ3) is 4.33. The molecule has 1 unspecified atom stereocenters. The van der Waals surface area contributed by atoms with Gasteiger partial charge in [0.25, 0.3) is 0 Å². The van der Waals surface area contributed by atoms with Crippen molar-refractivity contribution in [1.29, 1.82) is 0 Å². The quantitative estimate of drug-likeness (QED) is 0.638. The van der Waals surface area contributed by atoms with Gasteiger partial charge in [-0.3, -0.25) is 0 Å². The van der Waals surface area contributed by atoms with Gasteiger partial charge in [0.1, 0.15) is 0 Å². The summed E-state index contributed by atoms with van der Waals surface area (Å²) in [5.74, 6) is 2.00. The lowest BCUT2D eigenvalue weighted by Gasteiger charge is -2.07. The second-order valence-electron chi connectivity index (χ2n) is 3.25. The molecular formula is C9H19NOS. The molecule has 0 aromatic carbocycles. The summed E-state index contributed by atoms with van der Waals surface area (Å²) < 4.78 is 5.49. The molecule has 12 heavy (non-hydrogen) atoms. The fourth-order valence-corrected chi connectivity index (χ4v) is 1.74. The summed E-state index contributed by atoms with van der Waals surface area (Å²) in [7, 11) is 0. The maximum atomic E-state index is 5.49. The molecule has 1 fully saturated rings. The Balaban J connectivity index is 1.81. The molecule has 0 radical (unpaired) electrons. The standard InChI is InChI=1S/C9H19NOS/c1-12-7-6-11-5-3-9-2-4-10-8-9/h9-10H,2-8H2,1H3. The van der Waals surface area contributed by atoms with E-state index in [2.05, 4.69) is 11.6 Å². The molecule has 1 aliphatic heterocycles. The molecule has 2 nitrogen and oxygen atoms in total. The van der Waals surface area contributed by atoms with Crippen LogP contribution in [0.3, 0.4) is 0 Å². The van der Waals surface area contributed by atoms with Crippen molar-refractivity contribution in [3.05, 3.63) is 0 Å². The summed E-state index contributed by atoms with van der Waals surface area (Å²) in [6.45, 7) is 4.27. The number of nitrogens with one attached hydrogen (secondary N) is 1. The van der Waals surface area contributed by atoms with E-state index in [9.17, 15) is 0 Å². The summed E-state index contributed by atoms with van der Waals surface area (Å²) in [5.41, 5.74) is 0. The van der Waals surface area contributed by atoms with Crippen LogP contribution >= 0.6 is 11.8 Å². The van der Waals surface area contributed by atoms with Crippen molar-refractivity contribution in [2.24, 2.45) is 5.92 Å². The Kier molecular flexibility index (Phi) is 5.82. The molecule has 1 saturated heterocycles. The van der Waals surface area contributed by atoms with E-state index in [0.717, 1.165) is 24.9 Å². The number of thioether (sulfide) groups is 1. The molecule has 72 valence electrons. The van der Waals surface area contributed by atoms with Crippen LogP contribution in [0, 0.1) is 5.92 Å². The van der Waals surface area contributed by atoms with Crippen molar-refractivity contribution in [3.63, 3.8) is 0 Å². The van der Waals surface area contributed by atoms with E-state index in [1.54, 1.807) is 0 Å². The zero-order valence-electron chi connectivity index (χ0n) is 7.84. The van der Waals surface area contributed by atoms with Gasteiger partial charge in [-0.1, -0.05) is 0 Å². The lowest BCUT2D eigenvalue weighted by Crippen LogP contribution is -2.11. The predicted octanol–water partition coefficient (Wildman–Crippen LogP) is 1.37. The molecule has 0 aromatic heterocycles. The minimum Gasteiger partial charge on any atom is -0.381 e. The van der Waals surface area contributed by atoms with Crippen LogP contribution in [0.1, 0.15) is 12.8 Å². The van der Waals surface area contributed by atoms with Crippen LogP contribution in [0.5, 0.6) is 0 Å². The smallest absolute Gasteiger partial charge is 0.0556 e. The maximum Gasteiger partial charge on any atom is 0.0556 e. The summed E-state index contributed by atoms with van der Waals surface area (Å²) in [6, 6.07) is 0. The summed E-state index contributed by atoms with van der Waals surface area (Å²) in [4.78, 5) is 0. The number of hydrogen-bond acceptors (Lipinski definition) is 3. The van der Waals surface area contributed by atoms with Crippen molar-refractivity contribution in [1.82, 2.24) is 5.32 Å². The average molecular weight is 189 g/mol. The van der Waals surface area contributed by atoms with E-state index in [1.165, 1.54) is 25.9 Å². The SMILES string of the molecule is CSCCOCCC1CCNC1. The van der Waals surface area contributed by atoms with Crippen molar-refractivity contribution in [3.8, 4) is 0 Å². The average Bonchev–Trinajstić information content (AvgIpc) is 2.57. The normalized spacial score (nSPS) is 23.2. The highest BCUT2D eigenvalue weighted by molar-refractivity contribution is 7.98. The van der Waals surface area contributed by atoms with Gasteiger partial charge in [0.2, 0.25) is 0 Å². The first-order chi connectivity index (χ1) is 5.93. The summed E-state index contributed by atoms with van der Waals surface area (Å²) in [6.07, 6.45) is 4.69. The van der Waals surface area contributed by atoms with Crippen LogP contribution in [0.4, 0.5) is 0 Å². The molecule has 0 spiro atoms. The van der Waals surface area contributed by atoms with E-state index < -0.39 is 0 Å². The first kappa shape index (κ1) is 10.4. The molecule has 3 heteroatoms. The van der Waals surface area contributed by atoms with Gasteiger partial charge in [0, 0.05) is 12.4 Å². The van der Waals surface area contributed by atoms with E-state index >= 15 is 0 Å².